The second-order valence-corrected chi connectivity index (χ2v) is 4.61. The topological polar surface area (TPSA) is 63.8 Å². The van der Waals surface area contributed by atoms with Crippen LogP contribution in [0, 0.1) is 5.92 Å². The van der Waals surface area contributed by atoms with E-state index >= 15 is 0 Å². The number of hydrogen-bond acceptors (Lipinski definition) is 4. The molecule has 0 unspecified atom stereocenters. The monoisotopic (exact) mass is 224 g/mol. The number of aliphatic hydroxyl groups is 1. The summed E-state index contributed by atoms with van der Waals surface area (Å²) in [5.74, 6) is 1.66. The van der Waals surface area contributed by atoms with Crippen LogP contribution in [0.3, 0.4) is 0 Å². The number of nitrogens with zero attached hydrogens (tertiary/aromatic N) is 4. The summed E-state index contributed by atoms with van der Waals surface area (Å²) in [7, 11) is 0. The van der Waals surface area contributed by atoms with Gasteiger partial charge in [0, 0.05) is 19.6 Å². The fraction of sp³-hybridized carbons (Fsp3) is 0.909. The van der Waals surface area contributed by atoms with Crippen LogP contribution < -0.4 is 0 Å². The van der Waals surface area contributed by atoms with Crippen LogP contribution in [0.15, 0.2) is 0 Å². The molecule has 0 amide bonds. The van der Waals surface area contributed by atoms with Gasteiger partial charge >= 0.3 is 0 Å². The first-order chi connectivity index (χ1) is 7.90. The second kappa shape index (κ2) is 5.94. The number of tetrazole rings is 1. The van der Waals surface area contributed by atoms with Gasteiger partial charge in [0.25, 0.3) is 0 Å². The summed E-state index contributed by atoms with van der Waals surface area (Å²) < 4.78 is 1.92. The van der Waals surface area contributed by atoms with Crippen LogP contribution in [0.1, 0.15) is 44.3 Å². The number of aromatic nitrogens is 4. The minimum absolute atomic E-state index is 0.205. The van der Waals surface area contributed by atoms with E-state index in [0.29, 0.717) is 0 Å². The zero-order valence-corrected chi connectivity index (χ0v) is 9.68. The highest BCUT2D eigenvalue weighted by Crippen LogP contribution is 2.24. The molecule has 16 heavy (non-hydrogen) atoms. The van der Waals surface area contributed by atoms with Gasteiger partial charge in [-0.05, 0) is 35.6 Å². The molecule has 0 spiro atoms. The maximum absolute atomic E-state index is 8.80. The lowest BCUT2D eigenvalue weighted by Crippen LogP contribution is -2.17. The maximum Gasteiger partial charge on any atom is 0.151 e. The van der Waals surface area contributed by atoms with Gasteiger partial charge in [-0.15, -0.1) is 5.10 Å². The van der Waals surface area contributed by atoms with Crippen molar-refractivity contribution in [3.63, 3.8) is 0 Å². The Labute approximate surface area is 95.9 Å². The molecule has 1 aliphatic rings. The molecule has 1 saturated carbocycles. The highest BCUT2D eigenvalue weighted by molar-refractivity contribution is 4.82. The van der Waals surface area contributed by atoms with E-state index in [1.807, 2.05) is 4.68 Å². The number of hydrogen-bond donors (Lipinski definition) is 1. The van der Waals surface area contributed by atoms with Crippen molar-refractivity contribution in [1.29, 1.82) is 0 Å². The Morgan fingerprint density at radius 1 is 1.25 bits per heavy atom. The SMILES string of the molecule is OCCCc1nnnn1CC1CCCCC1. The molecule has 0 aromatic carbocycles. The summed E-state index contributed by atoms with van der Waals surface area (Å²) in [6, 6.07) is 0. The van der Waals surface area contributed by atoms with Crippen molar-refractivity contribution in [3.05, 3.63) is 5.82 Å². The average molecular weight is 224 g/mol. The van der Waals surface area contributed by atoms with Crippen LogP contribution in [0.5, 0.6) is 0 Å². The van der Waals surface area contributed by atoms with Gasteiger partial charge in [-0.3, -0.25) is 0 Å². The largest absolute Gasteiger partial charge is 0.396 e. The maximum atomic E-state index is 8.80. The third-order valence-electron chi connectivity index (χ3n) is 3.32. The average Bonchev–Trinajstić information content (AvgIpc) is 2.75. The lowest BCUT2D eigenvalue weighted by molar-refractivity contribution is 0.281. The van der Waals surface area contributed by atoms with Crippen LogP contribution in [0.4, 0.5) is 0 Å². The highest BCUT2D eigenvalue weighted by atomic mass is 16.2. The Morgan fingerprint density at radius 3 is 2.81 bits per heavy atom. The normalized spacial score (nSPS) is 17.8. The van der Waals surface area contributed by atoms with Gasteiger partial charge in [-0.2, -0.15) is 0 Å². The number of aryl methyl sites for hydroxylation is 1. The lowest BCUT2D eigenvalue weighted by Gasteiger charge is -2.21. The molecule has 2 rings (SSSR count). The third kappa shape index (κ3) is 3.01. The molecular weight excluding hydrogens is 204 g/mol. The molecule has 0 bridgehead atoms. The van der Waals surface area contributed by atoms with Crippen molar-refractivity contribution >= 4 is 0 Å². The minimum Gasteiger partial charge on any atom is -0.396 e. The van der Waals surface area contributed by atoms with Crippen LogP contribution >= 0.6 is 0 Å². The quantitative estimate of drug-likeness (QED) is 0.815. The van der Waals surface area contributed by atoms with Gasteiger partial charge in [-0.25, -0.2) is 4.68 Å². The van der Waals surface area contributed by atoms with Gasteiger partial charge in [0.1, 0.15) is 0 Å². The third-order valence-corrected chi connectivity index (χ3v) is 3.32. The van der Waals surface area contributed by atoms with E-state index in [2.05, 4.69) is 15.5 Å². The highest BCUT2D eigenvalue weighted by Gasteiger charge is 2.16. The Balaban J connectivity index is 1.89. The van der Waals surface area contributed by atoms with Gasteiger partial charge in [0.2, 0.25) is 0 Å². The Kier molecular flexibility index (Phi) is 4.27. The van der Waals surface area contributed by atoms with Gasteiger partial charge < -0.3 is 5.11 Å². The summed E-state index contributed by atoms with van der Waals surface area (Å²) in [6.07, 6.45) is 8.20. The van der Waals surface area contributed by atoms with E-state index in [-0.39, 0.29) is 6.61 Å². The summed E-state index contributed by atoms with van der Waals surface area (Å²) >= 11 is 0. The summed E-state index contributed by atoms with van der Waals surface area (Å²) in [6.45, 7) is 1.16. The van der Waals surface area contributed by atoms with E-state index in [4.69, 9.17) is 5.11 Å². The molecule has 0 atom stereocenters. The van der Waals surface area contributed by atoms with Crippen molar-refractivity contribution in [2.24, 2.45) is 5.92 Å². The zero-order chi connectivity index (χ0) is 11.2. The first kappa shape index (κ1) is 11.5. The molecule has 5 nitrogen and oxygen atoms in total. The van der Waals surface area contributed by atoms with E-state index in [1.165, 1.54) is 32.1 Å². The molecule has 0 radical (unpaired) electrons. The van der Waals surface area contributed by atoms with Gasteiger partial charge in [-0.1, -0.05) is 19.3 Å². The van der Waals surface area contributed by atoms with Crippen LogP contribution in [0.2, 0.25) is 0 Å². The smallest absolute Gasteiger partial charge is 0.151 e. The second-order valence-electron chi connectivity index (χ2n) is 4.61. The summed E-state index contributed by atoms with van der Waals surface area (Å²) in [4.78, 5) is 0. The van der Waals surface area contributed by atoms with Crippen LogP contribution in [-0.2, 0) is 13.0 Å². The fourth-order valence-electron chi connectivity index (χ4n) is 2.40. The standard InChI is InChI=1S/C11H20N4O/c16-8-4-7-11-12-13-14-15(11)9-10-5-2-1-3-6-10/h10,16H,1-9H2. The first-order valence-corrected chi connectivity index (χ1v) is 6.26. The molecule has 1 heterocycles. The molecule has 1 aromatic heterocycles. The Bertz CT molecular complexity index is 307. The van der Waals surface area contributed by atoms with E-state index in [9.17, 15) is 0 Å². The molecule has 90 valence electrons. The number of rotatable bonds is 5. The fourth-order valence-corrected chi connectivity index (χ4v) is 2.40. The van der Waals surface area contributed by atoms with Crippen molar-refractivity contribution in [2.75, 3.05) is 6.61 Å². The van der Waals surface area contributed by atoms with E-state index < -0.39 is 0 Å². The van der Waals surface area contributed by atoms with Crippen molar-refractivity contribution < 1.29 is 5.11 Å². The molecule has 0 saturated heterocycles. The lowest BCUT2D eigenvalue weighted by atomic mass is 9.89. The molecule has 1 aromatic rings. The predicted octanol–water partition coefficient (Wildman–Crippen LogP) is 1.18. The molecule has 1 N–H and O–H groups in total. The number of aliphatic hydroxyl groups excluding tert-OH is 1. The van der Waals surface area contributed by atoms with Crippen LogP contribution in [-0.4, -0.2) is 31.9 Å². The molecule has 5 heteroatoms. The Morgan fingerprint density at radius 2 is 2.06 bits per heavy atom. The van der Waals surface area contributed by atoms with E-state index in [0.717, 1.165) is 31.1 Å². The van der Waals surface area contributed by atoms with E-state index in [1.54, 1.807) is 0 Å². The summed E-state index contributed by atoms with van der Waals surface area (Å²) in [5.41, 5.74) is 0. The van der Waals surface area contributed by atoms with Gasteiger partial charge in [0.15, 0.2) is 5.82 Å². The van der Waals surface area contributed by atoms with Crippen molar-refractivity contribution in [3.8, 4) is 0 Å². The zero-order valence-electron chi connectivity index (χ0n) is 9.68. The molecular formula is C11H20N4O. The first-order valence-electron chi connectivity index (χ1n) is 6.26. The van der Waals surface area contributed by atoms with Crippen molar-refractivity contribution in [1.82, 2.24) is 20.2 Å². The molecule has 1 fully saturated rings. The molecule has 1 aliphatic carbocycles. The molecule has 0 aliphatic heterocycles. The Hall–Kier alpha value is -0.970. The van der Waals surface area contributed by atoms with Gasteiger partial charge in [0.05, 0.1) is 0 Å². The van der Waals surface area contributed by atoms with Crippen LogP contribution in [0.25, 0.3) is 0 Å². The predicted molar refractivity (Wildman–Crippen MR) is 59.8 cm³/mol. The van der Waals surface area contributed by atoms with Crippen molar-refractivity contribution in [2.45, 2.75) is 51.5 Å². The minimum atomic E-state index is 0.205. The summed E-state index contributed by atoms with van der Waals surface area (Å²) in [5, 5.41) is 20.6.